The van der Waals surface area contributed by atoms with Gasteiger partial charge in [0.05, 0.1) is 0 Å². The van der Waals surface area contributed by atoms with Gasteiger partial charge in [0.1, 0.15) is 0 Å². The summed E-state index contributed by atoms with van der Waals surface area (Å²) in [5.41, 5.74) is 0. The summed E-state index contributed by atoms with van der Waals surface area (Å²) in [5.74, 6) is 0.964. The van der Waals surface area contributed by atoms with E-state index in [0.29, 0.717) is 12.6 Å². The van der Waals surface area contributed by atoms with Crippen LogP contribution in [0.15, 0.2) is 0 Å². The average molecular weight is 157 g/mol. The summed E-state index contributed by atoms with van der Waals surface area (Å²) in [6.07, 6.45) is 4.86. The lowest BCUT2D eigenvalue weighted by molar-refractivity contribution is 0.276. The molecule has 2 nitrogen and oxygen atoms in total. The third-order valence-electron chi connectivity index (χ3n) is 2.25. The van der Waals surface area contributed by atoms with Crippen LogP contribution in [0.4, 0.5) is 0 Å². The van der Waals surface area contributed by atoms with E-state index in [-0.39, 0.29) is 0 Å². The summed E-state index contributed by atoms with van der Waals surface area (Å²) in [6, 6.07) is 0.586. The third kappa shape index (κ3) is 4.38. The molecular formula is C9H19NO. The zero-order valence-electron chi connectivity index (χ0n) is 7.34. The standard InChI is InChI=1S/C9H19NO/c1-8(3-2-6-11)10-7-9-4-5-9/h8-11H,2-7H2,1H3/t8-/m0/s1. The van der Waals surface area contributed by atoms with Crippen molar-refractivity contribution in [1.29, 1.82) is 0 Å². The second kappa shape index (κ2) is 4.73. The predicted molar refractivity (Wildman–Crippen MR) is 46.5 cm³/mol. The minimum absolute atomic E-state index is 0.329. The number of aliphatic hydroxyl groups is 1. The van der Waals surface area contributed by atoms with Gasteiger partial charge in [-0.15, -0.1) is 0 Å². The number of hydrogen-bond acceptors (Lipinski definition) is 2. The zero-order valence-corrected chi connectivity index (χ0v) is 7.34. The van der Waals surface area contributed by atoms with Crippen LogP contribution in [0.3, 0.4) is 0 Å². The first-order valence-electron chi connectivity index (χ1n) is 4.67. The lowest BCUT2D eigenvalue weighted by atomic mass is 10.2. The Kier molecular flexibility index (Phi) is 3.87. The van der Waals surface area contributed by atoms with Crippen LogP contribution in [-0.4, -0.2) is 24.3 Å². The summed E-state index contributed by atoms with van der Waals surface area (Å²) in [6.45, 7) is 3.71. The SMILES string of the molecule is C[C@@H](CCCO)NCC1CC1. The van der Waals surface area contributed by atoms with Gasteiger partial charge >= 0.3 is 0 Å². The monoisotopic (exact) mass is 157 g/mol. The minimum Gasteiger partial charge on any atom is -0.396 e. The molecule has 0 aromatic heterocycles. The molecule has 1 aliphatic rings. The van der Waals surface area contributed by atoms with E-state index in [2.05, 4.69) is 12.2 Å². The van der Waals surface area contributed by atoms with Gasteiger partial charge in [0.15, 0.2) is 0 Å². The molecule has 0 amide bonds. The third-order valence-corrected chi connectivity index (χ3v) is 2.25. The fourth-order valence-corrected chi connectivity index (χ4v) is 1.19. The van der Waals surface area contributed by atoms with E-state index >= 15 is 0 Å². The molecule has 0 aromatic carbocycles. The van der Waals surface area contributed by atoms with Crippen molar-refractivity contribution in [2.75, 3.05) is 13.2 Å². The van der Waals surface area contributed by atoms with E-state index in [0.717, 1.165) is 18.8 Å². The quantitative estimate of drug-likeness (QED) is 0.606. The molecule has 1 rings (SSSR count). The Morgan fingerprint density at radius 3 is 2.82 bits per heavy atom. The number of aliphatic hydroxyl groups excluding tert-OH is 1. The second-order valence-electron chi connectivity index (χ2n) is 3.62. The van der Waals surface area contributed by atoms with E-state index in [4.69, 9.17) is 5.11 Å². The first-order valence-corrected chi connectivity index (χ1v) is 4.67. The molecule has 0 aliphatic heterocycles. The first kappa shape index (κ1) is 9.01. The van der Waals surface area contributed by atoms with E-state index in [1.807, 2.05) is 0 Å². The molecule has 0 radical (unpaired) electrons. The second-order valence-corrected chi connectivity index (χ2v) is 3.62. The Bertz CT molecular complexity index is 102. The van der Waals surface area contributed by atoms with Gasteiger partial charge in [0.2, 0.25) is 0 Å². The zero-order chi connectivity index (χ0) is 8.10. The van der Waals surface area contributed by atoms with Gasteiger partial charge in [-0.25, -0.2) is 0 Å². The van der Waals surface area contributed by atoms with Gasteiger partial charge in [-0.1, -0.05) is 0 Å². The maximum Gasteiger partial charge on any atom is 0.0431 e. The fraction of sp³-hybridized carbons (Fsp3) is 1.00. The lowest BCUT2D eigenvalue weighted by Gasteiger charge is -2.11. The van der Waals surface area contributed by atoms with Gasteiger partial charge in [0.25, 0.3) is 0 Å². The maximum absolute atomic E-state index is 8.58. The normalized spacial score (nSPS) is 20.2. The molecule has 0 bridgehead atoms. The lowest BCUT2D eigenvalue weighted by Crippen LogP contribution is -2.28. The molecule has 1 saturated carbocycles. The van der Waals surface area contributed by atoms with E-state index < -0.39 is 0 Å². The molecule has 11 heavy (non-hydrogen) atoms. The highest BCUT2D eigenvalue weighted by atomic mass is 16.2. The molecule has 0 aromatic rings. The molecule has 0 saturated heterocycles. The number of hydrogen-bond donors (Lipinski definition) is 2. The van der Waals surface area contributed by atoms with E-state index in [1.54, 1.807) is 0 Å². The van der Waals surface area contributed by atoms with Crippen LogP contribution in [0.1, 0.15) is 32.6 Å². The summed E-state index contributed by atoms with van der Waals surface area (Å²) >= 11 is 0. The molecule has 2 N–H and O–H groups in total. The molecule has 2 heteroatoms. The van der Waals surface area contributed by atoms with Crippen molar-refractivity contribution in [1.82, 2.24) is 5.32 Å². The first-order chi connectivity index (χ1) is 5.33. The van der Waals surface area contributed by atoms with Crippen molar-refractivity contribution in [2.45, 2.75) is 38.6 Å². The Morgan fingerprint density at radius 1 is 1.55 bits per heavy atom. The minimum atomic E-state index is 0.329. The molecular weight excluding hydrogens is 138 g/mol. The van der Waals surface area contributed by atoms with Gasteiger partial charge in [-0.2, -0.15) is 0 Å². The van der Waals surface area contributed by atoms with Crippen LogP contribution in [0.25, 0.3) is 0 Å². The van der Waals surface area contributed by atoms with Gasteiger partial charge in [-0.05, 0) is 45.1 Å². The Hall–Kier alpha value is -0.0800. The van der Waals surface area contributed by atoms with Gasteiger partial charge < -0.3 is 10.4 Å². The highest BCUT2D eigenvalue weighted by Crippen LogP contribution is 2.27. The highest BCUT2D eigenvalue weighted by Gasteiger charge is 2.20. The number of rotatable bonds is 6. The fourth-order valence-electron chi connectivity index (χ4n) is 1.19. The van der Waals surface area contributed by atoms with E-state index in [9.17, 15) is 0 Å². The van der Waals surface area contributed by atoms with Crippen molar-refractivity contribution >= 4 is 0 Å². The topological polar surface area (TPSA) is 32.3 Å². The smallest absolute Gasteiger partial charge is 0.0431 e. The van der Waals surface area contributed by atoms with Crippen molar-refractivity contribution in [3.8, 4) is 0 Å². The molecule has 0 unspecified atom stereocenters. The molecule has 0 heterocycles. The molecule has 66 valence electrons. The average Bonchev–Trinajstić information content (AvgIpc) is 2.80. The predicted octanol–water partition coefficient (Wildman–Crippen LogP) is 1.15. The van der Waals surface area contributed by atoms with Crippen molar-refractivity contribution in [3.05, 3.63) is 0 Å². The van der Waals surface area contributed by atoms with Gasteiger partial charge in [-0.3, -0.25) is 0 Å². The van der Waals surface area contributed by atoms with Crippen LogP contribution in [0, 0.1) is 5.92 Å². The molecule has 0 spiro atoms. The molecule has 1 fully saturated rings. The Balaban J connectivity index is 1.87. The Labute approximate surface area is 69.0 Å². The highest BCUT2D eigenvalue weighted by molar-refractivity contribution is 4.76. The molecule has 1 atom stereocenters. The number of nitrogens with one attached hydrogen (secondary N) is 1. The molecule has 1 aliphatic carbocycles. The van der Waals surface area contributed by atoms with Crippen LogP contribution < -0.4 is 5.32 Å². The van der Waals surface area contributed by atoms with Crippen LogP contribution >= 0.6 is 0 Å². The largest absolute Gasteiger partial charge is 0.396 e. The summed E-state index contributed by atoms with van der Waals surface area (Å²) in [7, 11) is 0. The van der Waals surface area contributed by atoms with E-state index in [1.165, 1.54) is 19.4 Å². The van der Waals surface area contributed by atoms with Crippen LogP contribution in [0.2, 0.25) is 0 Å². The van der Waals surface area contributed by atoms with Crippen molar-refractivity contribution < 1.29 is 5.11 Å². The summed E-state index contributed by atoms with van der Waals surface area (Å²) in [4.78, 5) is 0. The van der Waals surface area contributed by atoms with Gasteiger partial charge in [0, 0.05) is 12.6 Å². The summed E-state index contributed by atoms with van der Waals surface area (Å²) in [5, 5.41) is 12.0. The van der Waals surface area contributed by atoms with Crippen LogP contribution in [0.5, 0.6) is 0 Å². The summed E-state index contributed by atoms with van der Waals surface area (Å²) < 4.78 is 0. The van der Waals surface area contributed by atoms with Crippen molar-refractivity contribution in [3.63, 3.8) is 0 Å². The van der Waals surface area contributed by atoms with Crippen LogP contribution in [-0.2, 0) is 0 Å². The maximum atomic E-state index is 8.58. The van der Waals surface area contributed by atoms with Crippen molar-refractivity contribution in [2.24, 2.45) is 5.92 Å². The Morgan fingerprint density at radius 2 is 2.27 bits per heavy atom.